The first-order valence-corrected chi connectivity index (χ1v) is 6.64. The van der Waals surface area contributed by atoms with Crippen molar-refractivity contribution in [2.45, 2.75) is 18.9 Å². The van der Waals surface area contributed by atoms with Crippen molar-refractivity contribution in [3.05, 3.63) is 22.2 Å². The van der Waals surface area contributed by atoms with Crippen LogP contribution in [0.5, 0.6) is 5.75 Å². The molecule has 0 spiro atoms. The molecule has 21 heavy (non-hydrogen) atoms. The number of amides is 1. The zero-order chi connectivity index (χ0) is 15.2. The number of fused-ring (bicyclic) bond motifs is 1. The van der Waals surface area contributed by atoms with Crippen molar-refractivity contribution in [1.29, 1.82) is 0 Å². The predicted octanol–water partition coefficient (Wildman–Crippen LogP) is 0.887. The molecule has 0 aromatic heterocycles. The molecule has 2 aliphatic heterocycles. The molecule has 112 valence electrons. The number of hydrogen-bond donors (Lipinski definition) is 2. The summed E-state index contributed by atoms with van der Waals surface area (Å²) in [5.41, 5.74) is -0.103. The zero-order valence-electron chi connectivity index (χ0n) is 11.5. The van der Waals surface area contributed by atoms with Crippen molar-refractivity contribution < 1.29 is 19.6 Å². The fourth-order valence-electron chi connectivity index (χ4n) is 2.56. The topological polar surface area (TPSA) is 105 Å². The molecule has 8 heteroatoms. The molecule has 2 aliphatic rings. The van der Waals surface area contributed by atoms with Gasteiger partial charge in [0.25, 0.3) is 11.6 Å². The van der Waals surface area contributed by atoms with E-state index in [0.29, 0.717) is 30.9 Å². The molecule has 1 amide bonds. The summed E-state index contributed by atoms with van der Waals surface area (Å²) in [5, 5.41) is 23.9. The number of carbonyl (C=O) groups is 1. The van der Waals surface area contributed by atoms with Gasteiger partial charge in [-0.3, -0.25) is 14.9 Å². The lowest BCUT2D eigenvalue weighted by Gasteiger charge is -2.47. The number of nitro benzene ring substituents is 1. The normalized spacial score (nSPS) is 19.1. The van der Waals surface area contributed by atoms with Crippen molar-refractivity contribution in [2.24, 2.45) is 0 Å². The van der Waals surface area contributed by atoms with E-state index < -0.39 is 10.5 Å². The summed E-state index contributed by atoms with van der Waals surface area (Å²) in [7, 11) is 0. The lowest BCUT2D eigenvalue weighted by atomic mass is 9.90. The fraction of sp³-hybridized carbons (Fsp3) is 0.462. The average Bonchev–Trinajstić information content (AvgIpc) is 2.42. The largest absolute Gasteiger partial charge is 0.481 e. The second-order valence-electron chi connectivity index (χ2n) is 5.37. The number of nitrogens with zero attached hydrogens (tertiary/aromatic N) is 2. The van der Waals surface area contributed by atoms with E-state index in [1.807, 2.05) is 6.92 Å². The van der Waals surface area contributed by atoms with Crippen LogP contribution in [-0.2, 0) is 4.79 Å². The molecule has 1 aromatic carbocycles. The Hall–Kier alpha value is -2.35. The van der Waals surface area contributed by atoms with E-state index in [-0.39, 0.29) is 24.0 Å². The van der Waals surface area contributed by atoms with Crippen molar-refractivity contribution in [3.63, 3.8) is 0 Å². The molecule has 2 N–H and O–H groups in total. The Bertz CT molecular complexity index is 624. The maximum absolute atomic E-state index is 11.3. The highest BCUT2D eigenvalue weighted by molar-refractivity contribution is 5.97. The van der Waals surface area contributed by atoms with E-state index in [4.69, 9.17) is 4.74 Å². The maximum atomic E-state index is 11.3. The molecular formula is C13H15N3O5. The Morgan fingerprint density at radius 2 is 2.24 bits per heavy atom. The Morgan fingerprint density at radius 3 is 2.86 bits per heavy atom. The molecular weight excluding hydrogens is 278 g/mol. The number of nitro groups is 1. The third-order valence-electron chi connectivity index (χ3n) is 3.88. The van der Waals surface area contributed by atoms with Crippen LogP contribution in [-0.4, -0.2) is 41.2 Å². The van der Waals surface area contributed by atoms with Gasteiger partial charge >= 0.3 is 0 Å². The first kappa shape index (κ1) is 13.6. The predicted molar refractivity (Wildman–Crippen MR) is 74.7 cm³/mol. The molecule has 1 aromatic rings. The molecule has 1 saturated heterocycles. The Labute approximate surface area is 120 Å². The van der Waals surface area contributed by atoms with Crippen molar-refractivity contribution in [1.82, 2.24) is 0 Å². The van der Waals surface area contributed by atoms with Gasteiger partial charge in [0, 0.05) is 13.1 Å². The van der Waals surface area contributed by atoms with Gasteiger partial charge < -0.3 is 20.1 Å². The molecule has 3 rings (SSSR count). The summed E-state index contributed by atoms with van der Waals surface area (Å²) >= 11 is 0. The third kappa shape index (κ3) is 2.27. The Balaban J connectivity index is 1.97. The minimum absolute atomic E-state index is 0.0944. The van der Waals surface area contributed by atoms with Gasteiger partial charge in [0.15, 0.2) is 12.4 Å². The van der Waals surface area contributed by atoms with Gasteiger partial charge in [-0.1, -0.05) is 6.92 Å². The number of hydrogen-bond acceptors (Lipinski definition) is 6. The van der Waals surface area contributed by atoms with Crippen LogP contribution in [0.1, 0.15) is 13.3 Å². The monoisotopic (exact) mass is 293 g/mol. The smallest absolute Gasteiger partial charge is 0.296 e. The van der Waals surface area contributed by atoms with Crippen molar-refractivity contribution in [2.75, 3.05) is 29.9 Å². The number of anilines is 2. The summed E-state index contributed by atoms with van der Waals surface area (Å²) in [4.78, 5) is 23.8. The second kappa shape index (κ2) is 4.59. The molecule has 0 aliphatic carbocycles. The first-order valence-electron chi connectivity index (χ1n) is 6.64. The highest BCUT2D eigenvalue weighted by Crippen LogP contribution is 2.42. The van der Waals surface area contributed by atoms with Crippen LogP contribution in [0.3, 0.4) is 0 Å². The molecule has 0 bridgehead atoms. The zero-order valence-corrected chi connectivity index (χ0v) is 11.5. The number of aliphatic hydroxyl groups is 1. The van der Waals surface area contributed by atoms with Gasteiger partial charge in [-0.15, -0.1) is 0 Å². The molecule has 2 heterocycles. The summed E-state index contributed by atoms with van der Waals surface area (Å²) in [6, 6.07) is 2.84. The molecule has 0 saturated carbocycles. The van der Waals surface area contributed by atoms with Gasteiger partial charge in [0.05, 0.1) is 22.3 Å². The highest BCUT2D eigenvalue weighted by Gasteiger charge is 2.42. The van der Waals surface area contributed by atoms with E-state index in [9.17, 15) is 20.0 Å². The molecule has 0 atom stereocenters. The fourth-order valence-corrected chi connectivity index (χ4v) is 2.56. The van der Waals surface area contributed by atoms with Crippen molar-refractivity contribution >= 4 is 23.0 Å². The number of carbonyl (C=O) groups excluding carboxylic acids is 1. The summed E-state index contributed by atoms with van der Waals surface area (Å²) in [6.07, 6.45) is 0.585. The number of ether oxygens (including phenoxy) is 1. The minimum Gasteiger partial charge on any atom is -0.481 e. The van der Waals surface area contributed by atoms with E-state index >= 15 is 0 Å². The molecule has 0 unspecified atom stereocenters. The lowest BCUT2D eigenvalue weighted by Crippen LogP contribution is -2.61. The van der Waals surface area contributed by atoms with Crippen LogP contribution in [0.2, 0.25) is 0 Å². The van der Waals surface area contributed by atoms with E-state index in [0.717, 1.165) is 0 Å². The van der Waals surface area contributed by atoms with Crippen LogP contribution in [0.25, 0.3) is 0 Å². The first-order chi connectivity index (χ1) is 9.92. The number of β-amino-alcohol motifs (C(OH)–C–C–N with tert-alkyl or cyclic N) is 1. The van der Waals surface area contributed by atoms with E-state index in [2.05, 4.69) is 5.32 Å². The van der Waals surface area contributed by atoms with Crippen LogP contribution in [0.15, 0.2) is 12.1 Å². The number of nitrogens with one attached hydrogen (secondary N) is 1. The molecule has 8 nitrogen and oxygen atoms in total. The number of rotatable bonds is 3. The van der Waals surface area contributed by atoms with E-state index in [1.165, 1.54) is 12.1 Å². The van der Waals surface area contributed by atoms with Gasteiger partial charge in [-0.05, 0) is 12.5 Å². The van der Waals surface area contributed by atoms with Crippen LogP contribution in [0, 0.1) is 10.1 Å². The van der Waals surface area contributed by atoms with Crippen LogP contribution < -0.4 is 15.0 Å². The van der Waals surface area contributed by atoms with E-state index in [1.54, 1.807) is 4.90 Å². The second-order valence-corrected chi connectivity index (χ2v) is 5.37. The van der Waals surface area contributed by atoms with Crippen molar-refractivity contribution in [3.8, 4) is 5.75 Å². The average molecular weight is 293 g/mol. The number of benzene rings is 1. The van der Waals surface area contributed by atoms with Gasteiger partial charge in [0.2, 0.25) is 0 Å². The molecule has 1 fully saturated rings. The van der Waals surface area contributed by atoms with Crippen LogP contribution >= 0.6 is 0 Å². The quantitative estimate of drug-likeness (QED) is 0.633. The Morgan fingerprint density at radius 1 is 1.52 bits per heavy atom. The minimum atomic E-state index is -0.802. The summed E-state index contributed by atoms with van der Waals surface area (Å²) in [5.74, 6) is -0.00713. The maximum Gasteiger partial charge on any atom is 0.296 e. The van der Waals surface area contributed by atoms with Crippen LogP contribution in [0.4, 0.5) is 17.1 Å². The van der Waals surface area contributed by atoms with Gasteiger partial charge in [-0.2, -0.15) is 0 Å². The Kier molecular flexibility index (Phi) is 2.98. The van der Waals surface area contributed by atoms with Gasteiger partial charge in [0.1, 0.15) is 5.69 Å². The lowest BCUT2D eigenvalue weighted by molar-refractivity contribution is -0.384. The SMILES string of the molecule is CCC1(O)CN(c2cc3c(cc2[N+](=O)[O-])OCC(=O)N3)C1. The third-order valence-corrected chi connectivity index (χ3v) is 3.88. The molecule has 0 radical (unpaired) electrons. The highest BCUT2D eigenvalue weighted by atomic mass is 16.6. The summed E-state index contributed by atoms with van der Waals surface area (Å²) in [6.45, 7) is 2.38. The standard InChI is InChI=1S/C13H15N3O5/c1-2-13(18)6-15(7-13)9-3-8-11(4-10(9)16(19)20)21-5-12(17)14-8/h3-4,18H,2,5-7H2,1H3,(H,14,17). The summed E-state index contributed by atoms with van der Waals surface area (Å²) < 4.78 is 5.19. The van der Waals surface area contributed by atoms with Gasteiger partial charge in [-0.25, -0.2) is 0 Å².